The number of esters is 1. The van der Waals surface area contributed by atoms with E-state index in [1.807, 2.05) is 0 Å². The SMILES string of the molecule is COC(=O)C1CCCCN1Cc1cc(F)ccc1Br. The van der Waals surface area contributed by atoms with Gasteiger partial charge in [0.2, 0.25) is 0 Å². The Morgan fingerprint density at radius 3 is 3.05 bits per heavy atom. The molecule has 1 aromatic carbocycles. The summed E-state index contributed by atoms with van der Waals surface area (Å²) in [7, 11) is 1.41. The number of nitrogens with zero attached hydrogens (tertiary/aromatic N) is 1. The van der Waals surface area contributed by atoms with Crippen molar-refractivity contribution in [2.45, 2.75) is 31.8 Å². The van der Waals surface area contributed by atoms with Crippen molar-refractivity contribution in [1.29, 1.82) is 0 Å². The Labute approximate surface area is 120 Å². The zero-order valence-electron chi connectivity index (χ0n) is 10.9. The number of rotatable bonds is 3. The van der Waals surface area contributed by atoms with Crippen LogP contribution in [0.25, 0.3) is 0 Å². The molecule has 0 bridgehead atoms. The molecule has 3 nitrogen and oxygen atoms in total. The van der Waals surface area contributed by atoms with Crippen LogP contribution in [0.5, 0.6) is 0 Å². The molecule has 1 aliphatic rings. The molecule has 0 N–H and O–H groups in total. The van der Waals surface area contributed by atoms with E-state index in [1.54, 1.807) is 6.07 Å². The van der Waals surface area contributed by atoms with Gasteiger partial charge in [-0.1, -0.05) is 22.4 Å². The third kappa shape index (κ3) is 3.54. The second-order valence-corrected chi connectivity index (χ2v) is 5.60. The molecule has 5 heteroatoms. The highest BCUT2D eigenvalue weighted by Gasteiger charge is 2.29. The average molecular weight is 330 g/mol. The minimum absolute atomic E-state index is 0.202. The number of halogens is 2. The van der Waals surface area contributed by atoms with Crippen LogP contribution in [0.15, 0.2) is 22.7 Å². The Morgan fingerprint density at radius 2 is 2.32 bits per heavy atom. The van der Waals surface area contributed by atoms with Gasteiger partial charge >= 0.3 is 5.97 Å². The number of hydrogen-bond donors (Lipinski definition) is 0. The van der Waals surface area contributed by atoms with Crippen LogP contribution >= 0.6 is 15.9 Å². The average Bonchev–Trinajstić information content (AvgIpc) is 2.42. The molecule has 0 saturated carbocycles. The Kier molecular flexibility index (Phi) is 4.93. The molecule has 1 fully saturated rings. The van der Waals surface area contributed by atoms with Crippen LogP contribution in [0, 0.1) is 5.82 Å². The van der Waals surface area contributed by atoms with Crippen LogP contribution < -0.4 is 0 Å². The maximum absolute atomic E-state index is 13.3. The standard InChI is InChI=1S/C14H17BrFNO2/c1-19-14(18)13-4-2-3-7-17(13)9-10-8-11(16)5-6-12(10)15/h5-6,8,13H,2-4,7,9H2,1H3. The molecule has 1 saturated heterocycles. The van der Waals surface area contributed by atoms with E-state index in [0.29, 0.717) is 6.54 Å². The molecule has 2 rings (SSSR count). The van der Waals surface area contributed by atoms with Gasteiger partial charge in [0.05, 0.1) is 7.11 Å². The minimum atomic E-state index is -0.259. The van der Waals surface area contributed by atoms with E-state index in [9.17, 15) is 9.18 Å². The third-order valence-electron chi connectivity index (χ3n) is 3.47. The summed E-state index contributed by atoms with van der Waals surface area (Å²) in [5, 5.41) is 0. The third-order valence-corrected chi connectivity index (χ3v) is 4.24. The second kappa shape index (κ2) is 6.48. The second-order valence-electron chi connectivity index (χ2n) is 4.74. The normalized spacial score (nSPS) is 20.3. The molecule has 1 heterocycles. The molecule has 1 unspecified atom stereocenters. The van der Waals surface area contributed by atoms with Crippen molar-refractivity contribution in [2.75, 3.05) is 13.7 Å². The molecule has 0 spiro atoms. The number of methoxy groups -OCH3 is 1. The van der Waals surface area contributed by atoms with Gasteiger partial charge < -0.3 is 4.74 Å². The topological polar surface area (TPSA) is 29.5 Å². The van der Waals surface area contributed by atoms with E-state index >= 15 is 0 Å². The van der Waals surface area contributed by atoms with Gasteiger partial charge in [-0.05, 0) is 43.1 Å². The van der Waals surface area contributed by atoms with Gasteiger partial charge in [0.1, 0.15) is 11.9 Å². The van der Waals surface area contributed by atoms with Crippen LogP contribution in [0.3, 0.4) is 0 Å². The smallest absolute Gasteiger partial charge is 0.323 e. The van der Waals surface area contributed by atoms with E-state index in [2.05, 4.69) is 20.8 Å². The largest absolute Gasteiger partial charge is 0.468 e. The lowest BCUT2D eigenvalue weighted by Gasteiger charge is -2.33. The van der Waals surface area contributed by atoms with Crippen molar-refractivity contribution in [3.05, 3.63) is 34.1 Å². The van der Waals surface area contributed by atoms with Gasteiger partial charge in [-0.3, -0.25) is 9.69 Å². The van der Waals surface area contributed by atoms with Gasteiger partial charge in [0.15, 0.2) is 0 Å². The fourth-order valence-corrected chi connectivity index (χ4v) is 2.84. The number of ether oxygens (including phenoxy) is 1. The first kappa shape index (κ1) is 14.5. The summed E-state index contributed by atoms with van der Waals surface area (Å²) in [6, 6.07) is 4.41. The Morgan fingerprint density at radius 1 is 1.53 bits per heavy atom. The lowest BCUT2D eigenvalue weighted by Crippen LogP contribution is -2.44. The van der Waals surface area contributed by atoms with E-state index in [0.717, 1.165) is 35.8 Å². The highest BCUT2D eigenvalue weighted by molar-refractivity contribution is 9.10. The monoisotopic (exact) mass is 329 g/mol. The van der Waals surface area contributed by atoms with Crippen LogP contribution in [0.1, 0.15) is 24.8 Å². The van der Waals surface area contributed by atoms with E-state index in [4.69, 9.17) is 4.74 Å². The Balaban J connectivity index is 2.15. The number of carbonyl (C=O) groups is 1. The van der Waals surface area contributed by atoms with Crippen molar-refractivity contribution >= 4 is 21.9 Å². The lowest BCUT2D eigenvalue weighted by atomic mass is 10.0. The van der Waals surface area contributed by atoms with Gasteiger partial charge in [-0.25, -0.2) is 4.39 Å². The molecule has 0 radical (unpaired) electrons. The number of hydrogen-bond acceptors (Lipinski definition) is 3. The van der Waals surface area contributed by atoms with E-state index in [-0.39, 0.29) is 17.8 Å². The molecular formula is C14H17BrFNO2. The highest BCUT2D eigenvalue weighted by atomic mass is 79.9. The fourth-order valence-electron chi connectivity index (χ4n) is 2.47. The van der Waals surface area contributed by atoms with Gasteiger partial charge in [-0.15, -0.1) is 0 Å². The molecule has 0 aromatic heterocycles. The predicted molar refractivity (Wildman–Crippen MR) is 74.2 cm³/mol. The van der Waals surface area contributed by atoms with Crippen LogP contribution in [-0.4, -0.2) is 30.6 Å². The summed E-state index contributed by atoms with van der Waals surface area (Å²) in [6.07, 6.45) is 2.89. The minimum Gasteiger partial charge on any atom is -0.468 e. The Bertz CT molecular complexity index is 467. The summed E-state index contributed by atoms with van der Waals surface area (Å²) in [4.78, 5) is 13.8. The van der Waals surface area contributed by atoms with Crippen molar-refractivity contribution in [3.8, 4) is 0 Å². The summed E-state index contributed by atoms with van der Waals surface area (Å²) in [5.41, 5.74) is 0.857. The highest BCUT2D eigenvalue weighted by Crippen LogP contribution is 2.24. The number of likely N-dealkylation sites (tertiary alicyclic amines) is 1. The lowest BCUT2D eigenvalue weighted by molar-refractivity contribution is -0.148. The summed E-state index contributed by atoms with van der Waals surface area (Å²) in [6.45, 7) is 1.39. The van der Waals surface area contributed by atoms with Crippen molar-refractivity contribution in [1.82, 2.24) is 4.90 Å². The first-order chi connectivity index (χ1) is 9.11. The maximum atomic E-state index is 13.3. The van der Waals surface area contributed by atoms with Gasteiger partial charge in [0.25, 0.3) is 0 Å². The molecule has 104 valence electrons. The molecule has 1 aliphatic heterocycles. The van der Waals surface area contributed by atoms with Crippen LogP contribution in [0.2, 0.25) is 0 Å². The van der Waals surface area contributed by atoms with E-state index in [1.165, 1.54) is 19.2 Å². The summed E-state index contributed by atoms with van der Waals surface area (Å²) >= 11 is 3.42. The maximum Gasteiger partial charge on any atom is 0.323 e. The van der Waals surface area contributed by atoms with Crippen molar-refractivity contribution < 1.29 is 13.9 Å². The van der Waals surface area contributed by atoms with Crippen molar-refractivity contribution in [2.24, 2.45) is 0 Å². The molecule has 1 atom stereocenters. The molecule has 0 aliphatic carbocycles. The zero-order valence-corrected chi connectivity index (χ0v) is 12.5. The molecular weight excluding hydrogens is 313 g/mol. The summed E-state index contributed by atoms with van der Waals surface area (Å²) < 4.78 is 19.0. The number of benzene rings is 1. The van der Waals surface area contributed by atoms with E-state index < -0.39 is 0 Å². The zero-order chi connectivity index (χ0) is 13.8. The first-order valence-corrected chi connectivity index (χ1v) is 7.17. The van der Waals surface area contributed by atoms with Gasteiger partial charge in [-0.2, -0.15) is 0 Å². The molecule has 1 aromatic rings. The van der Waals surface area contributed by atoms with Crippen LogP contribution in [-0.2, 0) is 16.1 Å². The van der Waals surface area contributed by atoms with Gasteiger partial charge in [0, 0.05) is 11.0 Å². The first-order valence-electron chi connectivity index (χ1n) is 6.37. The number of piperidine rings is 1. The predicted octanol–water partition coefficient (Wildman–Crippen LogP) is 3.12. The molecule has 0 amide bonds. The van der Waals surface area contributed by atoms with Crippen LogP contribution in [0.4, 0.5) is 4.39 Å². The Hall–Kier alpha value is -0.940. The quantitative estimate of drug-likeness (QED) is 0.798. The summed E-state index contributed by atoms with van der Waals surface area (Å²) in [5.74, 6) is -0.461. The fraction of sp³-hybridized carbons (Fsp3) is 0.500. The number of carbonyl (C=O) groups excluding carboxylic acids is 1. The molecule has 19 heavy (non-hydrogen) atoms. The van der Waals surface area contributed by atoms with Crippen molar-refractivity contribution in [3.63, 3.8) is 0 Å².